The third-order valence-electron chi connectivity index (χ3n) is 3.82. The molecule has 1 saturated heterocycles. The van der Waals surface area contributed by atoms with E-state index in [9.17, 15) is 9.59 Å². The number of nitrogens with one attached hydrogen (secondary N) is 1. The Labute approximate surface area is 115 Å². The van der Waals surface area contributed by atoms with Crippen LogP contribution in [0.1, 0.15) is 40.5 Å². The molecule has 110 valence electrons. The Bertz CT molecular complexity index is 355. The molecule has 1 aliphatic heterocycles. The van der Waals surface area contributed by atoms with Crippen molar-refractivity contribution >= 4 is 11.8 Å². The van der Waals surface area contributed by atoms with Crippen molar-refractivity contribution in [2.24, 2.45) is 5.41 Å². The first kappa shape index (κ1) is 16.0. The quantitative estimate of drug-likeness (QED) is 0.788. The van der Waals surface area contributed by atoms with Gasteiger partial charge in [-0.2, -0.15) is 0 Å². The van der Waals surface area contributed by atoms with Gasteiger partial charge in [0.25, 0.3) is 0 Å². The minimum absolute atomic E-state index is 0.0140. The van der Waals surface area contributed by atoms with Gasteiger partial charge in [0.1, 0.15) is 5.54 Å². The van der Waals surface area contributed by atoms with Crippen LogP contribution in [-0.2, 0) is 14.3 Å². The van der Waals surface area contributed by atoms with Crippen molar-refractivity contribution < 1.29 is 14.3 Å². The fourth-order valence-electron chi connectivity index (χ4n) is 2.34. The third-order valence-corrected chi connectivity index (χ3v) is 3.82. The first-order chi connectivity index (χ1) is 8.74. The van der Waals surface area contributed by atoms with E-state index in [2.05, 4.69) is 19.2 Å². The number of methoxy groups -OCH3 is 1. The number of carbonyl (C=O) groups excluding carboxylic acids is 2. The molecule has 1 rings (SSSR count). The molecule has 1 atom stereocenters. The van der Waals surface area contributed by atoms with Crippen LogP contribution in [0.5, 0.6) is 0 Å². The maximum Gasteiger partial charge on any atom is 0.248 e. The van der Waals surface area contributed by atoms with Gasteiger partial charge in [-0.05, 0) is 25.2 Å². The van der Waals surface area contributed by atoms with Gasteiger partial charge in [-0.15, -0.1) is 0 Å². The maximum absolute atomic E-state index is 12.5. The summed E-state index contributed by atoms with van der Waals surface area (Å²) in [5, 5.41) is 2.80. The van der Waals surface area contributed by atoms with Gasteiger partial charge >= 0.3 is 0 Å². The Morgan fingerprint density at radius 1 is 1.42 bits per heavy atom. The second-order valence-electron chi connectivity index (χ2n) is 6.30. The number of ether oxygens (including phenoxy) is 1. The molecule has 5 heteroatoms. The van der Waals surface area contributed by atoms with Gasteiger partial charge in [0.05, 0.1) is 6.54 Å². The monoisotopic (exact) mass is 270 g/mol. The molecule has 19 heavy (non-hydrogen) atoms. The van der Waals surface area contributed by atoms with Crippen LogP contribution in [0.4, 0.5) is 0 Å². The molecule has 1 N–H and O–H groups in total. The largest absolute Gasteiger partial charge is 0.385 e. The molecule has 0 bridgehead atoms. The number of amides is 2. The van der Waals surface area contributed by atoms with E-state index in [0.29, 0.717) is 19.6 Å². The summed E-state index contributed by atoms with van der Waals surface area (Å²) in [6.45, 7) is 9.29. The molecule has 0 radical (unpaired) electrons. The van der Waals surface area contributed by atoms with E-state index >= 15 is 0 Å². The van der Waals surface area contributed by atoms with Gasteiger partial charge in [-0.3, -0.25) is 9.59 Å². The zero-order chi connectivity index (χ0) is 14.7. The van der Waals surface area contributed by atoms with Crippen molar-refractivity contribution in [3.8, 4) is 0 Å². The second-order valence-corrected chi connectivity index (χ2v) is 6.30. The van der Waals surface area contributed by atoms with Crippen LogP contribution in [-0.4, -0.2) is 49.1 Å². The highest BCUT2D eigenvalue weighted by atomic mass is 16.5. The van der Waals surface area contributed by atoms with Gasteiger partial charge in [0, 0.05) is 20.3 Å². The Hall–Kier alpha value is -1.10. The highest BCUT2D eigenvalue weighted by molar-refractivity contribution is 5.97. The Morgan fingerprint density at radius 2 is 2.05 bits per heavy atom. The molecule has 0 spiro atoms. The first-order valence-electron chi connectivity index (χ1n) is 6.83. The van der Waals surface area contributed by atoms with Gasteiger partial charge in [0.15, 0.2) is 0 Å². The third kappa shape index (κ3) is 3.93. The zero-order valence-electron chi connectivity index (χ0n) is 12.7. The molecule has 2 amide bonds. The second kappa shape index (κ2) is 5.90. The minimum atomic E-state index is -0.757. The van der Waals surface area contributed by atoms with E-state index in [1.165, 1.54) is 0 Å². The van der Waals surface area contributed by atoms with E-state index in [0.717, 1.165) is 6.42 Å². The van der Waals surface area contributed by atoms with Crippen LogP contribution in [0.2, 0.25) is 0 Å². The summed E-state index contributed by atoms with van der Waals surface area (Å²) in [6.07, 6.45) is 1.46. The number of carbonyl (C=O) groups is 2. The van der Waals surface area contributed by atoms with E-state index in [1.54, 1.807) is 18.9 Å². The standard InChI is InChI=1S/C14H26N2O3/c1-6-14(4)12(18)16(9-11(17)15-14)10-13(2,3)7-8-19-5/h6-10H2,1-5H3,(H,15,17). The Balaban J connectivity index is 2.76. The molecule has 1 aliphatic rings. The lowest BCUT2D eigenvalue weighted by molar-refractivity contribution is -0.150. The molecule has 0 aliphatic carbocycles. The molecular formula is C14H26N2O3. The number of piperazine rings is 1. The highest BCUT2D eigenvalue weighted by Crippen LogP contribution is 2.25. The molecule has 1 heterocycles. The lowest BCUT2D eigenvalue weighted by Crippen LogP contribution is -2.65. The normalized spacial score (nSPS) is 24.6. The number of rotatable bonds is 6. The first-order valence-corrected chi connectivity index (χ1v) is 6.83. The van der Waals surface area contributed by atoms with Crippen LogP contribution < -0.4 is 5.32 Å². The van der Waals surface area contributed by atoms with E-state index in [-0.39, 0.29) is 23.8 Å². The van der Waals surface area contributed by atoms with Gasteiger partial charge in [-0.1, -0.05) is 20.8 Å². The summed E-state index contributed by atoms with van der Waals surface area (Å²) in [7, 11) is 1.67. The van der Waals surface area contributed by atoms with Crippen molar-refractivity contribution in [1.29, 1.82) is 0 Å². The van der Waals surface area contributed by atoms with E-state index in [4.69, 9.17) is 4.74 Å². The zero-order valence-corrected chi connectivity index (χ0v) is 12.7. The predicted octanol–water partition coefficient (Wildman–Crippen LogP) is 1.18. The van der Waals surface area contributed by atoms with Crippen molar-refractivity contribution in [2.75, 3.05) is 26.8 Å². The molecule has 0 aromatic carbocycles. The van der Waals surface area contributed by atoms with Gasteiger partial charge < -0.3 is 15.0 Å². The van der Waals surface area contributed by atoms with E-state index in [1.807, 2.05) is 6.92 Å². The van der Waals surface area contributed by atoms with Crippen LogP contribution in [0.25, 0.3) is 0 Å². The van der Waals surface area contributed by atoms with Crippen LogP contribution in [0.15, 0.2) is 0 Å². The summed E-state index contributed by atoms with van der Waals surface area (Å²) < 4.78 is 5.09. The van der Waals surface area contributed by atoms with Gasteiger partial charge in [-0.25, -0.2) is 0 Å². The Kier molecular flexibility index (Phi) is 4.96. The predicted molar refractivity (Wildman–Crippen MR) is 73.7 cm³/mol. The summed E-state index contributed by atoms with van der Waals surface area (Å²) in [4.78, 5) is 25.9. The van der Waals surface area contributed by atoms with Crippen molar-refractivity contribution in [3.05, 3.63) is 0 Å². The Morgan fingerprint density at radius 3 is 2.58 bits per heavy atom. The average molecular weight is 270 g/mol. The molecule has 1 fully saturated rings. The van der Waals surface area contributed by atoms with Gasteiger partial charge in [0.2, 0.25) is 11.8 Å². The topological polar surface area (TPSA) is 58.6 Å². The number of nitrogens with zero attached hydrogens (tertiary/aromatic N) is 1. The maximum atomic E-state index is 12.5. The SMILES string of the molecule is CCC1(C)NC(=O)CN(CC(C)(C)CCOC)C1=O. The highest BCUT2D eigenvalue weighted by Gasteiger charge is 2.42. The summed E-state index contributed by atoms with van der Waals surface area (Å²) in [6, 6.07) is 0. The average Bonchev–Trinajstić information content (AvgIpc) is 2.32. The molecular weight excluding hydrogens is 244 g/mol. The molecule has 0 aromatic heterocycles. The van der Waals surface area contributed by atoms with Crippen LogP contribution in [0.3, 0.4) is 0 Å². The number of hydrogen-bond acceptors (Lipinski definition) is 3. The van der Waals surface area contributed by atoms with Crippen molar-refractivity contribution in [3.63, 3.8) is 0 Å². The molecule has 0 saturated carbocycles. The number of hydrogen-bond donors (Lipinski definition) is 1. The van der Waals surface area contributed by atoms with Crippen LogP contribution >= 0.6 is 0 Å². The summed E-state index contributed by atoms with van der Waals surface area (Å²) >= 11 is 0. The smallest absolute Gasteiger partial charge is 0.248 e. The molecule has 1 unspecified atom stereocenters. The molecule has 5 nitrogen and oxygen atoms in total. The summed E-state index contributed by atoms with van der Waals surface area (Å²) in [5.74, 6) is -0.0633. The van der Waals surface area contributed by atoms with Crippen molar-refractivity contribution in [1.82, 2.24) is 10.2 Å². The summed E-state index contributed by atoms with van der Waals surface area (Å²) in [5.41, 5.74) is -0.815. The lowest BCUT2D eigenvalue weighted by atomic mass is 9.87. The molecule has 0 aromatic rings. The van der Waals surface area contributed by atoms with E-state index < -0.39 is 5.54 Å². The van der Waals surface area contributed by atoms with Crippen LogP contribution in [0, 0.1) is 5.41 Å². The fourth-order valence-corrected chi connectivity index (χ4v) is 2.34. The fraction of sp³-hybridized carbons (Fsp3) is 0.857. The minimum Gasteiger partial charge on any atom is -0.385 e. The van der Waals surface area contributed by atoms with Crippen molar-refractivity contribution in [2.45, 2.75) is 46.1 Å². The lowest BCUT2D eigenvalue weighted by Gasteiger charge is -2.42.